The summed E-state index contributed by atoms with van der Waals surface area (Å²) in [4.78, 5) is 4.57. The molecule has 1 N–H and O–H groups in total. The van der Waals surface area contributed by atoms with Gasteiger partial charge in [-0.3, -0.25) is 4.98 Å². The molecule has 0 spiro atoms. The summed E-state index contributed by atoms with van der Waals surface area (Å²) in [5.41, 5.74) is 3.00. The predicted octanol–water partition coefficient (Wildman–Crippen LogP) is 3.62. The van der Waals surface area contributed by atoms with Crippen LogP contribution in [-0.4, -0.2) is 11.5 Å². The van der Waals surface area contributed by atoms with E-state index >= 15 is 0 Å². The van der Waals surface area contributed by atoms with Crippen molar-refractivity contribution < 1.29 is 4.39 Å². The Labute approximate surface area is 113 Å². The van der Waals surface area contributed by atoms with E-state index in [-0.39, 0.29) is 11.9 Å². The van der Waals surface area contributed by atoms with Gasteiger partial charge in [0.15, 0.2) is 0 Å². The average Bonchev–Trinajstić information content (AvgIpc) is 2.41. The molecule has 1 heterocycles. The number of aryl methyl sites for hydroxylation is 1. The van der Waals surface area contributed by atoms with Gasteiger partial charge in [-0.25, -0.2) is 4.39 Å². The van der Waals surface area contributed by atoms with E-state index in [2.05, 4.69) is 17.2 Å². The molecule has 0 aliphatic carbocycles. The van der Waals surface area contributed by atoms with Crippen LogP contribution in [0.5, 0.6) is 0 Å². The van der Waals surface area contributed by atoms with Crippen LogP contribution in [0.2, 0.25) is 0 Å². The first-order valence-corrected chi connectivity index (χ1v) is 6.63. The molecule has 0 radical (unpaired) electrons. The Bertz CT molecular complexity index is 523. The zero-order chi connectivity index (χ0) is 13.7. The molecule has 1 unspecified atom stereocenters. The first-order chi connectivity index (χ1) is 9.20. The zero-order valence-electron chi connectivity index (χ0n) is 11.4. The van der Waals surface area contributed by atoms with Crippen molar-refractivity contribution in [1.29, 1.82) is 0 Å². The van der Waals surface area contributed by atoms with Crippen LogP contribution in [-0.2, 0) is 0 Å². The van der Waals surface area contributed by atoms with Crippen LogP contribution in [0.15, 0.2) is 42.5 Å². The van der Waals surface area contributed by atoms with Crippen molar-refractivity contribution in [2.75, 3.05) is 6.54 Å². The van der Waals surface area contributed by atoms with E-state index in [1.807, 2.05) is 37.3 Å². The highest BCUT2D eigenvalue weighted by atomic mass is 19.1. The Hall–Kier alpha value is -1.74. The fourth-order valence-corrected chi connectivity index (χ4v) is 2.06. The second-order valence-corrected chi connectivity index (χ2v) is 4.64. The average molecular weight is 258 g/mol. The molecule has 1 aromatic heterocycles. The first-order valence-electron chi connectivity index (χ1n) is 6.63. The predicted molar refractivity (Wildman–Crippen MR) is 75.5 cm³/mol. The van der Waals surface area contributed by atoms with E-state index in [1.54, 1.807) is 0 Å². The van der Waals surface area contributed by atoms with Crippen molar-refractivity contribution in [2.45, 2.75) is 26.3 Å². The summed E-state index contributed by atoms with van der Waals surface area (Å²) in [7, 11) is 0. The van der Waals surface area contributed by atoms with Gasteiger partial charge in [0.2, 0.25) is 0 Å². The molecular weight excluding hydrogens is 239 g/mol. The van der Waals surface area contributed by atoms with E-state index in [0.29, 0.717) is 0 Å². The number of benzene rings is 1. The number of nitrogens with one attached hydrogen (secondary N) is 1. The number of hydrogen-bond acceptors (Lipinski definition) is 2. The molecule has 2 rings (SSSR count). The summed E-state index contributed by atoms with van der Waals surface area (Å²) in [5.74, 6) is -0.213. The van der Waals surface area contributed by atoms with Gasteiger partial charge in [0, 0.05) is 5.69 Å². The zero-order valence-corrected chi connectivity index (χ0v) is 11.4. The van der Waals surface area contributed by atoms with Crippen molar-refractivity contribution in [1.82, 2.24) is 10.3 Å². The van der Waals surface area contributed by atoms with Gasteiger partial charge in [-0.05, 0) is 49.7 Å². The second kappa shape index (κ2) is 6.43. The maximum absolute atomic E-state index is 13.0. The smallest absolute Gasteiger partial charge is 0.123 e. The summed E-state index contributed by atoms with van der Waals surface area (Å²) in [5, 5.41) is 3.46. The lowest BCUT2D eigenvalue weighted by molar-refractivity contribution is 0.581. The normalized spacial score (nSPS) is 12.4. The topological polar surface area (TPSA) is 24.9 Å². The summed E-state index contributed by atoms with van der Waals surface area (Å²) >= 11 is 0. The minimum atomic E-state index is -0.213. The van der Waals surface area contributed by atoms with Gasteiger partial charge in [-0.1, -0.05) is 25.1 Å². The van der Waals surface area contributed by atoms with Crippen molar-refractivity contribution in [3.05, 3.63) is 65.2 Å². The fourth-order valence-electron chi connectivity index (χ4n) is 2.06. The fraction of sp³-hybridized carbons (Fsp3) is 0.312. The van der Waals surface area contributed by atoms with Crippen LogP contribution in [0, 0.1) is 12.7 Å². The molecule has 0 bridgehead atoms. The van der Waals surface area contributed by atoms with Crippen LogP contribution >= 0.6 is 0 Å². The lowest BCUT2D eigenvalue weighted by Crippen LogP contribution is -2.24. The molecule has 1 atom stereocenters. The Morgan fingerprint density at radius 3 is 2.53 bits per heavy atom. The third-order valence-corrected chi connectivity index (χ3v) is 3.01. The number of nitrogens with zero attached hydrogens (tertiary/aromatic N) is 1. The van der Waals surface area contributed by atoms with Crippen LogP contribution in [0.4, 0.5) is 4.39 Å². The standard InChI is InChI=1S/C16H19FN2/c1-3-11-18-16(13-7-9-14(17)10-8-13)15-6-4-5-12(2)19-15/h4-10,16,18H,3,11H2,1-2H3. The van der Waals surface area contributed by atoms with E-state index < -0.39 is 0 Å². The van der Waals surface area contributed by atoms with Gasteiger partial charge in [0.05, 0.1) is 11.7 Å². The molecule has 0 saturated heterocycles. The molecule has 100 valence electrons. The largest absolute Gasteiger partial charge is 0.305 e. The number of aromatic nitrogens is 1. The third-order valence-electron chi connectivity index (χ3n) is 3.01. The number of rotatable bonds is 5. The van der Waals surface area contributed by atoms with Gasteiger partial charge in [0.1, 0.15) is 5.82 Å². The quantitative estimate of drug-likeness (QED) is 0.886. The van der Waals surface area contributed by atoms with Gasteiger partial charge >= 0.3 is 0 Å². The highest BCUT2D eigenvalue weighted by molar-refractivity contribution is 5.28. The summed E-state index contributed by atoms with van der Waals surface area (Å²) in [6, 6.07) is 12.6. The Kier molecular flexibility index (Phi) is 4.63. The molecule has 3 heteroatoms. The van der Waals surface area contributed by atoms with Crippen LogP contribution in [0.1, 0.15) is 36.3 Å². The lowest BCUT2D eigenvalue weighted by Gasteiger charge is -2.19. The number of halogens is 1. The van der Waals surface area contributed by atoms with Gasteiger partial charge in [-0.15, -0.1) is 0 Å². The maximum atomic E-state index is 13.0. The van der Waals surface area contributed by atoms with Gasteiger partial charge in [-0.2, -0.15) is 0 Å². The van der Waals surface area contributed by atoms with Gasteiger partial charge in [0.25, 0.3) is 0 Å². The minimum absolute atomic E-state index is 0.0143. The van der Waals surface area contributed by atoms with Crippen molar-refractivity contribution >= 4 is 0 Å². The van der Waals surface area contributed by atoms with Crippen LogP contribution in [0.25, 0.3) is 0 Å². The third kappa shape index (κ3) is 3.61. The van der Waals surface area contributed by atoms with Crippen molar-refractivity contribution in [3.63, 3.8) is 0 Å². The Morgan fingerprint density at radius 2 is 1.89 bits per heavy atom. The molecule has 0 amide bonds. The van der Waals surface area contributed by atoms with Crippen LogP contribution < -0.4 is 5.32 Å². The molecule has 0 saturated carbocycles. The maximum Gasteiger partial charge on any atom is 0.123 e. The summed E-state index contributed by atoms with van der Waals surface area (Å²) in [6.07, 6.45) is 1.05. The number of hydrogen-bond donors (Lipinski definition) is 1. The number of pyridine rings is 1. The second-order valence-electron chi connectivity index (χ2n) is 4.64. The SMILES string of the molecule is CCCNC(c1ccc(F)cc1)c1cccc(C)n1. The molecule has 0 fully saturated rings. The monoisotopic (exact) mass is 258 g/mol. The molecule has 19 heavy (non-hydrogen) atoms. The highest BCUT2D eigenvalue weighted by Gasteiger charge is 2.14. The van der Waals surface area contributed by atoms with E-state index in [1.165, 1.54) is 12.1 Å². The Morgan fingerprint density at radius 1 is 1.16 bits per heavy atom. The molecule has 0 aliphatic heterocycles. The summed E-state index contributed by atoms with van der Waals surface area (Å²) in [6.45, 7) is 5.00. The van der Waals surface area contributed by atoms with E-state index in [0.717, 1.165) is 29.9 Å². The van der Waals surface area contributed by atoms with E-state index in [4.69, 9.17) is 0 Å². The molecular formula is C16H19FN2. The van der Waals surface area contributed by atoms with Crippen molar-refractivity contribution in [3.8, 4) is 0 Å². The van der Waals surface area contributed by atoms with E-state index in [9.17, 15) is 4.39 Å². The molecule has 2 aromatic rings. The van der Waals surface area contributed by atoms with Crippen molar-refractivity contribution in [2.24, 2.45) is 0 Å². The minimum Gasteiger partial charge on any atom is -0.305 e. The highest BCUT2D eigenvalue weighted by Crippen LogP contribution is 2.21. The van der Waals surface area contributed by atoms with Gasteiger partial charge < -0.3 is 5.32 Å². The Balaban J connectivity index is 2.32. The molecule has 1 aromatic carbocycles. The lowest BCUT2D eigenvalue weighted by atomic mass is 10.0. The molecule has 0 aliphatic rings. The summed E-state index contributed by atoms with van der Waals surface area (Å²) < 4.78 is 13.0. The first kappa shape index (κ1) is 13.7. The van der Waals surface area contributed by atoms with Crippen LogP contribution in [0.3, 0.4) is 0 Å². The molecule has 2 nitrogen and oxygen atoms in total.